The van der Waals surface area contributed by atoms with Crippen LogP contribution in [0.25, 0.3) is 0 Å². The lowest BCUT2D eigenvalue weighted by molar-refractivity contribution is -0.131. The summed E-state index contributed by atoms with van der Waals surface area (Å²) < 4.78 is 0. The van der Waals surface area contributed by atoms with Crippen molar-refractivity contribution in [2.75, 3.05) is 19.6 Å². The smallest absolute Gasteiger partial charge is 0.241 e. The molecule has 0 aromatic carbocycles. The molecule has 1 atom stereocenters. The second-order valence-electron chi connectivity index (χ2n) is 6.22. The summed E-state index contributed by atoms with van der Waals surface area (Å²) in [6.45, 7) is 2.41. The highest BCUT2D eigenvalue weighted by Gasteiger charge is 2.36. The minimum atomic E-state index is 0.260. The van der Waals surface area contributed by atoms with E-state index in [2.05, 4.69) is 15.9 Å². The summed E-state index contributed by atoms with van der Waals surface area (Å²) in [7, 11) is 0. The summed E-state index contributed by atoms with van der Waals surface area (Å²) in [6.07, 6.45) is 10.4. The van der Waals surface area contributed by atoms with Crippen molar-refractivity contribution >= 4 is 5.91 Å². The van der Waals surface area contributed by atoms with Crippen LogP contribution in [0, 0.1) is 0 Å². The Labute approximate surface area is 115 Å². The van der Waals surface area contributed by atoms with Gasteiger partial charge in [0.1, 0.15) is 0 Å². The summed E-state index contributed by atoms with van der Waals surface area (Å²) >= 11 is 0. The van der Waals surface area contributed by atoms with Crippen molar-refractivity contribution in [1.82, 2.24) is 9.80 Å². The molecule has 2 fully saturated rings. The summed E-state index contributed by atoms with van der Waals surface area (Å²) in [5.41, 5.74) is 7.21. The number of rotatable bonds is 4. The van der Waals surface area contributed by atoms with Gasteiger partial charge in [0.2, 0.25) is 5.91 Å². The molecule has 1 aliphatic heterocycles. The van der Waals surface area contributed by atoms with Crippen molar-refractivity contribution in [2.45, 2.75) is 57.0 Å². The third kappa shape index (κ3) is 3.18. The van der Waals surface area contributed by atoms with Crippen LogP contribution in [0.5, 0.6) is 0 Å². The Morgan fingerprint density at radius 1 is 1.37 bits per heavy atom. The first kappa shape index (κ1) is 13.1. The molecule has 0 unspecified atom stereocenters. The molecule has 4 nitrogen and oxygen atoms in total. The minimum absolute atomic E-state index is 0.260. The molecule has 3 aliphatic rings. The Balaban J connectivity index is 1.63. The maximum absolute atomic E-state index is 12.6. The predicted molar refractivity (Wildman–Crippen MR) is 75.5 cm³/mol. The van der Waals surface area contributed by atoms with Crippen molar-refractivity contribution in [3.8, 4) is 0 Å². The molecule has 106 valence electrons. The van der Waals surface area contributed by atoms with Crippen LogP contribution < -0.4 is 5.73 Å². The Morgan fingerprint density at radius 3 is 2.79 bits per heavy atom. The summed E-state index contributed by atoms with van der Waals surface area (Å²) in [6, 6.07) is 0.754. The van der Waals surface area contributed by atoms with Gasteiger partial charge in [-0.1, -0.05) is 6.08 Å². The van der Waals surface area contributed by atoms with Gasteiger partial charge >= 0.3 is 0 Å². The van der Waals surface area contributed by atoms with E-state index in [0.717, 1.165) is 32.4 Å². The Kier molecular flexibility index (Phi) is 3.89. The van der Waals surface area contributed by atoms with Gasteiger partial charge in [0, 0.05) is 30.9 Å². The molecular formula is C15H25N3O. The summed E-state index contributed by atoms with van der Waals surface area (Å²) in [4.78, 5) is 16.9. The molecular weight excluding hydrogens is 238 g/mol. The second kappa shape index (κ2) is 5.63. The van der Waals surface area contributed by atoms with Gasteiger partial charge in [0.15, 0.2) is 0 Å². The normalized spacial score (nSPS) is 28.3. The number of nitrogens with zero attached hydrogens (tertiary/aromatic N) is 2. The van der Waals surface area contributed by atoms with E-state index in [1.54, 1.807) is 0 Å². The average Bonchev–Trinajstić information content (AvgIpc) is 3.14. The quantitative estimate of drug-likeness (QED) is 0.835. The SMILES string of the molecule is N[C@@H]1CCN(CC(=O)N(C2=CCCCC2)C2CC2)C1. The fraction of sp³-hybridized carbons (Fsp3) is 0.800. The number of allylic oxidation sites excluding steroid dienone is 2. The van der Waals surface area contributed by atoms with Crippen molar-refractivity contribution in [2.24, 2.45) is 5.73 Å². The number of amides is 1. The molecule has 2 N–H and O–H groups in total. The molecule has 1 saturated heterocycles. The van der Waals surface area contributed by atoms with Crippen molar-refractivity contribution < 1.29 is 4.79 Å². The topological polar surface area (TPSA) is 49.6 Å². The molecule has 0 bridgehead atoms. The van der Waals surface area contributed by atoms with E-state index in [1.807, 2.05) is 0 Å². The van der Waals surface area contributed by atoms with Crippen LogP contribution >= 0.6 is 0 Å². The van der Waals surface area contributed by atoms with Gasteiger partial charge in [-0.05, 0) is 44.9 Å². The van der Waals surface area contributed by atoms with E-state index in [-0.39, 0.29) is 6.04 Å². The van der Waals surface area contributed by atoms with E-state index in [0.29, 0.717) is 18.5 Å². The van der Waals surface area contributed by atoms with Gasteiger partial charge in [-0.25, -0.2) is 0 Å². The highest BCUT2D eigenvalue weighted by Crippen LogP contribution is 2.33. The van der Waals surface area contributed by atoms with Crippen LogP contribution in [0.1, 0.15) is 44.9 Å². The zero-order valence-electron chi connectivity index (χ0n) is 11.7. The Hall–Kier alpha value is -0.870. The number of hydrogen-bond acceptors (Lipinski definition) is 3. The number of nitrogens with two attached hydrogens (primary N) is 1. The fourth-order valence-corrected chi connectivity index (χ4v) is 3.24. The summed E-state index contributed by atoms with van der Waals surface area (Å²) in [5, 5.41) is 0. The van der Waals surface area contributed by atoms with Gasteiger partial charge in [-0.3, -0.25) is 9.69 Å². The molecule has 0 aromatic rings. The molecule has 0 aromatic heterocycles. The van der Waals surface area contributed by atoms with Crippen LogP contribution in [-0.4, -0.2) is 47.4 Å². The van der Waals surface area contributed by atoms with E-state index < -0.39 is 0 Å². The number of carbonyl (C=O) groups is 1. The number of carbonyl (C=O) groups excluding carboxylic acids is 1. The van der Waals surface area contributed by atoms with Crippen LogP contribution in [0.3, 0.4) is 0 Å². The summed E-state index contributed by atoms with van der Waals surface area (Å²) in [5.74, 6) is 0.296. The first-order chi connectivity index (χ1) is 9.24. The highest BCUT2D eigenvalue weighted by atomic mass is 16.2. The van der Waals surface area contributed by atoms with Gasteiger partial charge in [0.25, 0.3) is 0 Å². The van der Waals surface area contributed by atoms with E-state index in [1.165, 1.54) is 31.4 Å². The van der Waals surface area contributed by atoms with Gasteiger partial charge in [-0.2, -0.15) is 0 Å². The molecule has 0 spiro atoms. The average molecular weight is 263 g/mol. The second-order valence-corrected chi connectivity index (χ2v) is 6.22. The monoisotopic (exact) mass is 263 g/mol. The molecule has 1 saturated carbocycles. The van der Waals surface area contributed by atoms with E-state index >= 15 is 0 Å². The van der Waals surface area contributed by atoms with Crippen LogP contribution in [-0.2, 0) is 4.79 Å². The lowest BCUT2D eigenvalue weighted by atomic mass is 10.0. The highest BCUT2D eigenvalue weighted by molar-refractivity contribution is 5.81. The van der Waals surface area contributed by atoms with Gasteiger partial charge < -0.3 is 10.6 Å². The van der Waals surface area contributed by atoms with Crippen molar-refractivity contribution in [3.63, 3.8) is 0 Å². The van der Waals surface area contributed by atoms with Crippen LogP contribution in [0.15, 0.2) is 11.8 Å². The first-order valence-corrected chi connectivity index (χ1v) is 7.73. The molecule has 4 heteroatoms. The van der Waals surface area contributed by atoms with Gasteiger partial charge in [-0.15, -0.1) is 0 Å². The fourth-order valence-electron chi connectivity index (χ4n) is 3.24. The first-order valence-electron chi connectivity index (χ1n) is 7.73. The lowest BCUT2D eigenvalue weighted by Crippen LogP contribution is -2.41. The van der Waals surface area contributed by atoms with Crippen LogP contribution in [0.2, 0.25) is 0 Å². The van der Waals surface area contributed by atoms with Crippen molar-refractivity contribution in [1.29, 1.82) is 0 Å². The van der Waals surface area contributed by atoms with Crippen LogP contribution in [0.4, 0.5) is 0 Å². The molecule has 3 rings (SSSR count). The Bertz CT molecular complexity index is 376. The van der Waals surface area contributed by atoms with E-state index in [9.17, 15) is 4.79 Å². The van der Waals surface area contributed by atoms with E-state index in [4.69, 9.17) is 5.73 Å². The maximum atomic E-state index is 12.6. The van der Waals surface area contributed by atoms with Crippen molar-refractivity contribution in [3.05, 3.63) is 11.8 Å². The zero-order chi connectivity index (χ0) is 13.2. The molecule has 0 radical (unpaired) electrons. The van der Waals surface area contributed by atoms with Gasteiger partial charge in [0.05, 0.1) is 6.54 Å². The molecule has 1 amide bonds. The zero-order valence-corrected chi connectivity index (χ0v) is 11.7. The number of likely N-dealkylation sites (tertiary alicyclic amines) is 1. The Morgan fingerprint density at radius 2 is 2.21 bits per heavy atom. The third-order valence-corrected chi connectivity index (χ3v) is 4.42. The third-order valence-electron chi connectivity index (χ3n) is 4.42. The lowest BCUT2D eigenvalue weighted by Gasteiger charge is -2.29. The molecule has 2 aliphatic carbocycles. The minimum Gasteiger partial charge on any atom is -0.326 e. The number of hydrogen-bond donors (Lipinski definition) is 1. The molecule has 19 heavy (non-hydrogen) atoms. The largest absolute Gasteiger partial charge is 0.326 e. The predicted octanol–water partition coefficient (Wildman–Crippen LogP) is 1.47. The molecule has 1 heterocycles. The maximum Gasteiger partial charge on any atom is 0.241 e. The standard InChI is InChI=1S/C15H25N3O/c16-12-8-9-17(10-12)11-15(19)18(14-6-7-14)13-4-2-1-3-5-13/h4,12,14H,1-3,5-11,16H2/t12-/m1/s1.